The van der Waals surface area contributed by atoms with Gasteiger partial charge in [0, 0.05) is 0 Å². The quantitative estimate of drug-likeness (QED) is 0.477. The molecule has 1 saturated carbocycles. The van der Waals surface area contributed by atoms with Gasteiger partial charge in [0.1, 0.15) is 0 Å². The van der Waals surface area contributed by atoms with E-state index >= 15 is 0 Å². The molecule has 0 aromatic heterocycles. The molecule has 2 aromatic rings. The molecule has 0 nitrogen and oxygen atoms in total. The molecule has 1 fully saturated rings. The number of fused-ring (bicyclic) bond motifs is 3. The second kappa shape index (κ2) is 10.5. The van der Waals surface area contributed by atoms with E-state index in [1.165, 1.54) is 89.9 Å². The molecule has 183 valence electrons. The Morgan fingerprint density at radius 2 is 1.46 bits per heavy atom. The van der Waals surface area contributed by atoms with Crippen LogP contribution in [0.15, 0.2) is 42.5 Å². The van der Waals surface area contributed by atoms with E-state index in [1.54, 1.807) is 25.2 Å². The van der Waals surface area contributed by atoms with Crippen molar-refractivity contribution in [2.45, 2.75) is 90.9 Å². The van der Waals surface area contributed by atoms with Crippen LogP contribution in [0.3, 0.4) is 0 Å². The Hall–Kier alpha value is -0.877. The molecule has 3 aliphatic carbocycles. The topological polar surface area (TPSA) is 0 Å². The van der Waals surface area contributed by atoms with Crippen molar-refractivity contribution < 1.29 is 49.5 Å². The van der Waals surface area contributed by atoms with Gasteiger partial charge in [0.05, 0.1) is 0 Å². The van der Waals surface area contributed by atoms with Gasteiger partial charge in [-0.1, -0.05) is 0 Å². The first kappa shape index (κ1) is 28.7. The number of rotatable bonds is 1. The van der Waals surface area contributed by atoms with Crippen LogP contribution in [-0.4, -0.2) is 0 Å². The molecule has 2 aromatic carbocycles. The second-order valence-corrected chi connectivity index (χ2v) is 13.4. The van der Waals surface area contributed by atoms with Crippen molar-refractivity contribution in [3.05, 3.63) is 75.2 Å². The largest absolute Gasteiger partial charge is 1.00 e. The van der Waals surface area contributed by atoms with Crippen LogP contribution in [-0.2, 0) is 35.5 Å². The van der Waals surface area contributed by atoms with Gasteiger partial charge in [0.2, 0.25) is 0 Å². The predicted molar refractivity (Wildman–Crippen MR) is 139 cm³/mol. The first-order valence-electron chi connectivity index (χ1n) is 12.7. The molecule has 0 aliphatic heterocycles. The third kappa shape index (κ3) is 5.12. The van der Waals surface area contributed by atoms with Crippen LogP contribution < -0.4 is 35.3 Å². The van der Waals surface area contributed by atoms with Gasteiger partial charge in [0.25, 0.3) is 0 Å². The minimum Gasteiger partial charge on any atom is -1.00 e. The molecule has 3 aliphatic rings. The maximum Gasteiger partial charge on any atom is -1.00 e. The summed E-state index contributed by atoms with van der Waals surface area (Å²) in [5.74, 6) is 0. The Balaban J connectivity index is 0.00000171. The fourth-order valence-electron chi connectivity index (χ4n) is 6.00. The van der Waals surface area contributed by atoms with Crippen molar-refractivity contribution in [1.82, 2.24) is 0 Å². The number of hydrogen-bond donors (Lipinski definition) is 0. The number of benzene rings is 2. The molecule has 0 unspecified atom stereocenters. The van der Waals surface area contributed by atoms with E-state index in [2.05, 4.69) is 84.0 Å². The van der Waals surface area contributed by atoms with Crippen LogP contribution in [0.2, 0.25) is 0 Å². The van der Waals surface area contributed by atoms with E-state index < -0.39 is 0 Å². The van der Waals surface area contributed by atoms with Gasteiger partial charge in [-0.15, -0.1) is 0 Å². The van der Waals surface area contributed by atoms with Gasteiger partial charge < -0.3 is 24.8 Å². The summed E-state index contributed by atoms with van der Waals surface area (Å²) >= 11 is 1.52. The molecule has 0 radical (unpaired) electrons. The molecule has 0 bridgehead atoms. The zero-order valence-corrected chi connectivity index (χ0v) is 26.0. The zero-order valence-electron chi connectivity index (χ0n) is 22.0. The number of halogens is 2. The zero-order chi connectivity index (χ0) is 23.5. The Labute approximate surface area is 239 Å². The van der Waals surface area contributed by atoms with Crippen LogP contribution in [0.4, 0.5) is 0 Å². The molecule has 35 heavy (non-hydrogen) atoms. The van der Waals surface area contributed by atoms with Crippen LogP contribution in [0, 0.1) is 0 Å². The molecule has 0 heterocycles. The standard InChI is InChI=1S/C32H37.2ClH.Zr/c1-31(2,3)24-16-17-25-23(18-24)19-28-27(25)20-26(21-12-8-7-9-13-21)30(32(4,5)6)29(28)22-14-10-11-15-22;;;/h10-11,14,16-18,20H,7-9,12-13,15H2,1-6H3;2*1H;/q;;;+2/p-2. The summed E-state index contributed by atoms with van der Waals surface area (Å²) in [7, 11) is 0. The maximum atomic E-state index is 2.61. The van der Waals surface area contributed by atoms with Gasteiger partial charge >= 0.3 is 216 Å². The Morgan fingerprint density at radius 1 is 0.771 bits per heavy atom. The summed E-state index contributed by atoms with van der Waals surface area (Å²) in [6.07, 6.45) is 14.6. The Morgan fingerprint density at radius 3 is 2.03 bits per heavy atom. The second-order valence-electron chi connectivity index (χ2n) is 12.2. The molecule has 5 rings (SSSR count). The minimum absolute atomic E-state index is 0. The molecule has 0 amide bonds. The summed E-state index contributed by atoms with van der Waals surface area (Å²) in [6, 6.07) is 9.89. The average Bonchev–Trinajstić information content (AvgIpc) is 3.39. The van der Waals surface area contributed by atoms with E-state index in [0.29, 0.717) is 0 Å². The fraction of sp³-hybridized carbons (Fsp3) is 0.438. The summed E-state index contributed by atoms with van der Waals surface area (Å²) in [6.45, 7) is 14.3. The Bertz CT molecular complexity index is 1320. The van der Waals surface area contributed by atoms with Crippen molar-refractivity contribution in [2.24, 2.45) is 0 Å². The number of hydrogen-bond acceptors (Lipinski definition) is 0. The van der Waals surface area contributed by atoms with Gasteiger partial charge in [-0.05, 0) is 0 Å². The smallest absolute Gasteiger partial charge is 1.00 e. The molecule has 3 heteroatoms. The fourth-order valence-corrected chi connectivity index (χ4v) is 7.15. The van der Waals surface area contributed by atoms with Gasteiger partial charge in [-0.3, -0.25) is 0 Å². The Kier molecular flexibility index (Phi) is 8.59. The first-order chi connectivity index (χ1) is 15.6. The van der Waals surface area contributed by atoms with Gasteiger partial charge in [0.15, 0.2) is 0 Å². The first-order valence-corrected chi connectivity index (χ1v) is 14.0. The monoisotopic (exact) mass is 581 g/mol. The predicted octanol–water partition coefficient (Wildman–Crippen LogP) is 1.43. The van der Waals surface area contributed by atoms with Crippen molar-refractivity contribution in [3.63, 3.8) is 0 Å². The van der Waals surface area contributed by atoms with Crippen LogP contribution >= 0.6 is 0 Å². The number of allylic oxidation sites excluding steroid dienone is 4. The molecule has 0 saturated heterocycles. The molecule has 0 spiro atoms. The SMILES string of the molecule is CC(C)(C)c1ccc2c(c1)[C]([Zr+2])=c1c-2cc(=C2CCCCC2)c(C(C)(C)C)c1C1=CC=CC1.[Cl-].[Cl-]. The average molecular weight is 584 g/mol. The maximum absolute atomic E-state index is 2.61. The summed E-state index contributed by atoms with van der Waals surface area (Å²) < 4.78 is 1.55. The van der Waals surface area contributed by atoms with Crippen LogP contribution in [0.1, 0.15) is 102 Å². The van der Waals surface area contributed by atoms with Gasteiger partial charge in [-0.25, -0.2) is 0 Å². The van der Waals surface area contributed by atoms with Crippen molar-refractivity contribution in [1.29, 1.82) is 0 Å². The molecular weight excluding hydrogens is 546 g/mol. The van der Waals surface area contributed by atoms with E-state index in [0.717, 1.165) is 6.42 Å². The van der Waals surface area contributed by atoms with Crippen molar-refractivity contribution in [3.8, 4) is 11.1 Å². The van der Waals surface area contributed by atoms with Crippen molar-refractivity contribution >= 4 is 14.4 Å². The minimum atomic E-state index is 0. The summed E-state index contributed by atoms with van der Waals surface area (Å²) in [5, 5.41) is 3.11. The normalized spacial score (nSPS) is 17.0. The van der Waals surface area contributed by atoms with Gasteiger partial charge in [-0.2, -0.15) is 0 Å². The third-order valence-electron chi connectivity index (χ3n) is 7.70. The molecular formula is C32H37Cl2Zr. The summed E-state index contributed by atoms with van der Waals surface area (Å²) in [5.41, 5.74) is 12.5. The van der Waals surface area contributed by atoms with E-state index in [9.17, 15) is 0 Å². The van der Waals surface area contributed by atoms with E-state index in [-0.39, 0.29) is 35.6 Å². The van der Waals surface area contributed by atoms with Crippen molar-refractivity contribution in [2.75, 3.05) is 0 Å². The third-order valence-corrected chi connectivity index (χ3v) is 8.98. The molecule has 0 N–H and O–H groups in total. The summed E-state index contributed by atoms with van der Waals surface area (Å²) in [4.78, 5) is 0. The molecule has 0 atom stereocenters. The van der Waals surface area contributed by atoms with Crippen LogP contribution in [0.5, 0.6) is 0 Å². The van der Waals surface area contributed by atoms with E-state index in [4.69, 9.17) is 0 Å². The van der Waals surface area contributed by atoms with E-state index in [1.807, 2.05) is 0 Å². The van der Waals surface area contributed by atoms with Crippen LogP contribution in [0.25, 0.3) is 25.6 Å².